The van der Waals surface area contributed by atoms with Crippen molar-refractivity contribution in [1.29, 1.82) is 0 Å². The summed E-state index contributed by atoms with van der Waals surface area (Å²) in [6.07, 6.45) is -0.130. The van der Waals surface area contributed by atoms with E-state index in [9.17, 15) is 4.79 Å². The first-order valence-corrected chi connectivity index (χ1v) is 8.30. The van der Waals surface area contributed by atoms with Gasteiger partial charge in [-0.15, -0.1) is 0 Å². The van der Waals surface area contributed by atoms with E-state index in [2.05, 4.69) is 15.8 Å². The largest absolute Gasteiger partial charge is 0.489 e. The van der Waals surface area contributed by atoms with Crippen LogP contribution in [0.5, 0.6) is 11.5 Å². The van der Waals surface area contributed by atoms with Crippen LogP contribution in [-0.4, -0.2) is 23.4 Å². The van der Waals surface area contributed by atoms with Gasteiger partial charge in [-0.3, -0.25) is 5.32 Å². The number of halogens is 1. The molecule has 0 aliphatic carbocycles. The Hall–Kier alpha value is -2.41. The van der Waals surface area contributed by atoms with E-state index in [0.717, 1.165) is 0 Å². The molecule has 7 nitrogen and oxygen atoms in total. The van der Waals surface area contributed by atoms with Gasteiger partial charge in [-0.1, -0.05) is 16.8 Å². The molecule has 2 amide bonds. The van der Waals surface area contributed by atoms with Gasteiger partial charge in [-0.05, 0) is 40.7 Å². The number of amides is 2. The lowest BCUT2D eigenvalue weighted by molar-refractivity contribution is 0.229. The second-order valence-electron chi connectivity index (χ2n) is 6.02. The number of hydrogen-bond donors (Lipinski definition) is 2. The van der Waals surface area contributed by atoms with E-state index >= 15 is 0 Å². The van der Waals surface area contributed by atoms with Gasteiger partial charge in [0.25, 0.3) is 0 Å². The number of aromatic nitrogens is 1. The van der Waals surface area contributed by atoms with Crippen molar-refractivity contribution in [3.8, 4) is 11.5 Å². The third kappa shape index (κ3) is 5.56. The van der Waals surface area contributed by atoms with E-state index in [0.29, 0.717) is 27.9 Å². The lowest BCUT2D eigenvalue weighted by atomic mass is 10.2. The lowest BCUT2D eigenvalue weighted by Crippen LogP contribution is -2.20. The molecule has 0 saturated heterocycles. The smallest absolute Gasteiger partial charge is 0.326 e. The normalized spacial score (nSPS) is 10.9. The van der Waals surface area contributed by atoms with E-state index in [4.69, 9.17) is 25.6 Å². The van der Waals surface area contributed by atoms with Crippen molar-refractivity contribution in [3.05, 3.63) is 28.9 Å². The molecule has 1 heterocycles. The Morgan fingerprint density at radius 2 is 1.72 bits per heavy atom. The number of anilines is 2. The van der Waals surface area contributed by atoms with Crippen LogP contribution in [0.2, 0.25) is 5.02 Å². The van der Waals surface area contributed by atoms with Crippen LogP contribution in [-0.2, 0) is 0 Å². The standard InChI is InChI=1S/C17H22ClN3O4/c1-9(2)23-14-8-15(24-10(3)4)13(7-12(14)18)19-17(22)20-16-6-11(5)21-25-16/h6-10H,1-5H3,(H2,19,20,22). The van der Waals surface area contributed by atoms with Gasteiger partial charge in [0.2, 0.25) is 5.88 Å². The van der Waals surface area contributed by atoms with Crippen LogP contribution in [0.4, 0.5) is 16.4 Å². The van der Waals surface area contributed by atoms with Crippen LogP contribution in [0.25, 0.3) is 0 Å². The summed E-state index contributed by atoms with van der Waals surface area (Å²) in [5.41, 5.74) is 1.08. The number of carbonyl (C=O) groups is 1. The highest BCUT2D eigenvalue weighted by Gasteiger charge is 2.16. The topological polar surface area (TPSA) is 85.6 Å². The average molecular weight is 368 g/mol. The molecular formula is C17H22ClN3O4. The molecule has 2 N–H and O–H groups in total. The van der Waals surface area contributed by atoms with Crippen LogP contribution in [0.15, 0.2) is 22.7 Å². The van der Waals surface area contributed by atoms with E-state index < -0.39 is 6.03 Å². The zero-order valence-electron chi connectivity index (χ0n) is 14.8. The summed E-state index contributed by atoms with van der Waals surface area (Å²) in [4.78, 5) is 12.2. The van der Waals surface area contributed by atoms with Gasteiger partial charge in [0.15, 0.2) is 0 Å². The molecule has 0 aliphatic rings. The Bertz CT molecular complexity index is 743. The van der Waals surface area contributed by atoms with Gasteiger partial charge in [0.1, 0.15) is 11.5 Å². The molecule has 2 aromatic rings. The summed E-state index contributed by atoms with van der Waals surface area (Å²) in [5, 5.41) is 9.32. The highest BCUT2D eigenvalue weighted by Crippen LogP contribution is 2.37. The van der Waals surface area contributed by atoms with E-state index in [1.807, 2.05) is 27.7 Å². The maximum atomic E-state index is 12.2. The maximum absolute atomic E-state index is 12.2. The fourth-order valence-electron chi connectivity index (χ4n) is 2.02. The second-order valence-corrected chi connectivity index (χ2v) is 6.43. The summed E-state index contributed by atoms with van der Waals surface area (Å²) in [7, 11) is 0. The van der Waals surface area contributed by atoms with Gasteiger partial charge >= 0.3 is 6.03 Å². The molecule has 2 rings (SSSR count). The molecule has 0 unspecified atom stereocenters. The van der Waals surface area contributed by atoms with Gasteiger partial charge in [0.05, 0.1) is 28.6 Å². The minimum Gasteiger partial charge on any atom is -0.489 e. The first kappa shape index (κ1) is 18.9. The van der Waals surface area contributed by atoms with Gasteiger partial charge in [-0.25, -0.2) is 4.79 Å². The predicted octanol–water partition coefficient (Wildman–Crippen LogP) is 4.85. The van der Waals surface area contributed by atoms with Crippen LogP contribution < -0.4 is 20.1 Å². The molecule has 8 heteroatoms. The predicted molar refractivity (Wildman–Crippen MR) is 96.9 cm³/mol. The van der Waals surface area contributed by atoms with Crippen molar-refractivity contribution in [2.24, 2.45) is 0 Å². The second kappa shape index (κ2) is 8.11. The monoisotopic (exact) mass is 367 g/mol. The molecule has 0 aliphatic heterocycles. The number of aryl methyl sites for hydroxylation is 1. The SMILES string of the molecule is Cc1cc(NC(=O)Nc2cc(Cl)c(OC(C)C)cc2OC(C)C)on1. The fourth-order valence-corrected chi connectivity index (χ4v) is 2.22. The maximum Gasteiger partial charge on any atom is 0.326 e. The molecular weight excluding hydrogens is 346 g/mol. The van der Waals surface area contributed by atoms with E-state index in [1.165, 1.54) is 0 Å². The quantitative estimate of drug-likeness (QED) is 0.761. The number of rotatable bonds is 6. The van der Waals surface area contributed by atoms with Crippen LogP contribution in [0.3, 0.4) is 0 Å². The van der Waals surface area contributed by atoms with Crippen molar-refractivity contribution < 1.29 is 18.8 Å². The molecule has 1 aromatic carbocycles. The van der Waals surface area contributed by atoms with E-state index in [1.54, 1.807) is 25.1 Å². The van der Waals surface area contributed by atoms with Crippen molar-refractivity contribution in [1.82, 2.24) is 5.16 Å². The summed E-state index contributed by atoms with van der Waals surface area (Å²) in [6.45, 7) is 9.34. The Balaban J connectivity index is 2.22. The lowest BCUT2D eigenvalue weighted by Gasteiger charge is -2.18. The zero-order chi connectivity index (χ0) is 18.6. The molecule has 0 spiro atoms. The number of carbonyl (C=O) groups excluding carboxylic acids is 1. The summed E-state index contributed by atoms with van der Waals surface area (Å²) < 4.78 is 16.4. The Morgan fingerprint density at radius 1 is 1.08 bits per heavy atom. The zero-order valence-corrected chi connectivity index (χ0v) is 15.6. The van der Waals surface area contributed by atoms with Gasteiger partial charge < -0.3 is 19.3 Å². The van der Waals surface area contributed by atoms with Crippen LogP contribution in [0, 0.1) is 6.92 Å². The third-order valence-electron chi connectivity index (χ3n) is 2.87. The van der Waals surface area contributed by atoms with Gasteiger partial charge in [-0.2, -0.15) is 0 Å². The molecule has 0 bridgehead atoms. The summed E-state index contributed by atoms with van der Waals surface area (Å²) in [6, 6.07) is 4.36. The summed E-state index contributed by atoms with van der Waals surface area (Å²) in [5.74, 6) is 1.19. The number of ether oxygens (including phenoxy) is 2. The van der Waals surface area contributed by atoms with Crippen molar-refractivity contribution in [3.63, 3.8) is 0 Å². The molecule has 1 aromatic heterocycles. The van der Waals surface area contributed by atoms with Crippen molar-refractivity contribution in [2.45, 2.75) is 46.8 Å². The van der Waals surface area contributed by atoms with Crippen molar-refractivity contribution in [2.75, 3.05) is 10.6 Å². The minimum atomic E-state index is -0.502. The molecule has 136 valence electrons. The first-order chi connectivity index (χ1) is 11.7. The number of hydrogen-bond acceptors (Lipinski definition) is 5. The highest BCUT2D eigenvalue weighted by molar-refractivity contribution is 6.32. The molecule has 0 fully saturated rings. The average Bonchev–Trinajstić information content (AvgIpc) is 2.87. The van der Waals surface area contributed by atoms with E-state index in [-0.39, 0.29) is 18.1 Å². The number of nitrogens with one attached hydrogen (secondary N) is 2. The summed E-state index contributed by atoms with van der Waals surface area (Å²) >= 11 is 6.25. The number of urea groups is 1. The number of nitrogens with zero attached hydrogens (tertiary/aromatic N) is 1. The molecule has 0 atom stereocenters. The number of benzene rings is 1. The molecule has 0 radical (unpaired) electrons. The fraction of sp³-hybridized carbons (Fsp3) is 0.412. The Kier molecular flexibility index (Phi) is 6.14. The highest BCUT2D eigenvalue weighted by atomic mass is 35.5. The van der Waals surface area contributed by atoms with Crippen molar-refractivity contribution >= 4 is 29.2 Å². The molecule has 0 saturated carbocycles. The minimum absolute atomic E-state index is 0.0406. The third-order valence-corrected chi connectivity index (χ3v) is 3.17. The van der Waals surface area contributed by atoms with Crippen LogP contribution >= 0.6 is 11.6 Å². The first-order valence-electron chi connectivity index (χ1n) is 7.92. The van der Waals surface area contributed by atoms with Gasteiger partial charge in [0, 0.05) is 12.1 Å². The Morgan fingerprint density at radius 3 is 2.28 bits per heavy atom. The Labute approximate surface area is 151 Å². The molecule has 25 heavy (non-hydrogen) atoms. The van der Waals surface area contributed by atoms with Crippen LogP contribution in [0.1, 0.15) is 33.4 Å².